The highest BCUT2D eigenvalue weighted by molar-refractivity contribution is 5.53. The van der Waals surface area contributed by atoms with E-state index in [1.54, 1.807) is 0 Å². The molecular formula is C16H26N2O. The lowest BCUT2D eigenvalue weighted by Crippen LogP contribution is -2.34. The minimum absolute atomic E-state index is 0.368. The number of aryl methyl sites for hydroxylation is 1. The number of ether oxygens (including phenoxy) is 1. The molecule has 3 heteroatoms. The van der Waals surface area contributed by atoms with Crippen LogP contribution in [-0.4, -0.2) is 31.8 Å². The Morgan fingerprint density at radius 2 is 2.11 bits per heavy atom. The van der Waals surface area contributed by atoms with Gasteiger partial charge in [-0.05, 0) is 51.3 Å². The van der Waals surface area contributed by atoms with E-state index in [0.29, 0.717) is 12.2 Å². The quantitative estimate of drug-likeness (QED) is 0.856. The predicted octanol–water partition coefficient (Wildman–Crippen LogP) is 2.72. The van der Waals surface area contributed by atoms with Crippen LogP contribution < -0.4 is 10.6 Å². The number of nitrogens with zero attached hydrogens (tertiary/aromatic N) is 1. The summed E-state index contributed by atoms with van der Waals surface area (Å²) in [4.78, 5) is 2.44. The maximum Gasteiger partial charge on any atom is 0.0754 e. The fourth-order valence-electron chi connectivity index (χ4n) is 2.78. The monoisotopic (exact) mass is 262 g/mol. The summed E-state index contributed by atoms with van der Waals surface area (Å²) in [7, 11) is 0. The third-order valence-corrected chi connectivity index (χ3v) is 3.83. The van der Waals surface area contributed by atoms with Gasteiger partial charge in [-0.25, -0.2) is 0 Å². The summed E-state index contributed by atoms with van der Waals surface area (Å²) in [5.41, 5.74) is 8.31. The minimum Gasteiger partial charge on any atom is -0.373 e. The standard InChI is InChI=1S/C16H26N2O/c1-13-6-3-4-7-16(13)18(11-5-10-17)12-15-9-8-14(2)19-15/h3-4,6-7,14-15H,5,8-12,17H2,1-2H3. The maximum atomic E-state index is 5.96. The molecule has 1 aliphatic rings. The van der Waals surface area contributed by atoms with Gasteiger partial charge in [0, 0.05) is 18.8 Å². The Kier molecular flexibility index (Phi) is 5.23. The largest absolute Gasteiger partial charge is 0.373 e. The van der Waals surface area contributed by atoms with Crippen molar-refractivity contribution in [3.05, 3.63) is 29.8 Å². The molecule has 1 heterocycles. The van der Waals surface area contributed by atoms with Crippen LogP contribution in [0.3, 0.4) is 0 Å². The number of anilines is 1. The average molecular weight is 262 g/mol. The van der Waals surface area contributed by atoms with E-state index in [1.807, 2.05) is 0 Å². The van der Waals surface area contributed by atoms with Crippen LogP contribution in [0.5, 0.6) is 0 Å². The molecule has 2 N–H and O–H groups in total. The highest BCUT2D eigenvalue weighted by atomic mass is 16.5. The van der Waals surface area contributed by atoms with Crippen LogP contribution >= 0.6 is 0 Å². The summed E-state index contributed by atoms with van der Waals surface area (Å²) in [5.74, 6) is 0. The zero-order chi connectivity index (χ0) is 13.7. The van der Waals surface area contributed by atoms with Gasteiger partial charge in [-0.15, -0.1) is 0 Å². The minimum atomic E-state index is 0.368. The van der Waals surface area contributed by atoms with Crippen molar-refractivity contribution in [2.75, 3.05) is 24.5 Å². The molecule has 0 bridgehead atoms. The van der Waals surface area contributed by atoms with Gasteiger partial charge in [0.2, 0.25) is 0 Å². The molecule has 0 aromatic heterocycles. The molecule has 1 aliphatic heterocycles. The second kappa shape index (κ2) is 6.92. The zero-order valence-corrected chi connectivity index (χ0v) is 12.1. The van der Waals surface area contributed by atoms with Gasteiger partial charge in [0.15, 0.2) is 0 Å². The zero-order valence-electron chi connectivity index (χ0n) is 12.1. The van der Waals surface area contributed by atoms with Crippen molar-refractivity contribution in [2.24, 2.45) is 5.73 Å². The number of nitrogens with two attached hydrogens (primary N) is 1. The van der Waals surface area contributed by atoms with Crippen LogP contribution in [0.25, 0.3) is 0 Å². The first-order valence-electron chi connectivity index (χ1n) is 7.37. The molecule has 2 rings (SSSR count). The molecule has 1 aromatic carbocycles. The van der Waals surface area contributed by atoms with Crippen molar-refractivity contribution in [3.8, 4) is 0 Å². The Balaban J connectivity index is 2.05. The summed E-state index contributed by atoms with van der Waals surface area (Å²) >= 11 is 0. The Bertz CT molecular complexity index is 394. The van der Waals surface area contributed by atoms with E-state index in [9.17, 15) is 0 Å². The molecule has 2 unspecified atom stereocenters. The molecule has 0 spiro atoms. The fourth-order valence-corrected chi connectivity index (χ4v) is 2.78. The van der Waals surface area contributed by atoms with Crippen molar-refractivity contribution in [2.45, 2.75) is 45.3 Å². The van der Waals surface area contributed by atoms with Crippen molar-refractivity contribution < 1.29 is 4.74 Å². The molecule has 0 amide bonds. The average Bonchev–Trinajstić information content (AvgIpc) is 2.81. The van der Waals surface area contributed by atoms with E-state index in [-0.39, 0.29) is 0 Å². The van der Waals surface area contributed by atoms with Crippen LogP contribution in [0.2, 0.25) is 0 Å². The van der Waals surface area contributed by atoms with E-state index < -0.39 is 0 Å². The van der Waals surface area contributed by atoms with Gasteiger partial charge in [-0.2, -0.15) is 0 Å². The smallest absolute Gasteiger partial charge is 0.0754 e. The molecule has 2 atom stereocenters. The molecule has 0 radical (unpaired) electrons. The molecule has 1 fully saturated rings. The number of hydrogen-bond donors (Lipinski definition) is 1. The van der Waals surface area contributed by atoms with E-state index >= 15 is 0 Å². The van der Waals surface area contributed by atoms with Gasteiger partial charge in [-0.1, -0.05) is 18.2 Å². The lowest BCUT2D eigenvalue weighted by Gasteiger charge is -2.29. The molecular weight excluding hydrogens is 236 g/mol. The molecule has 0 saturated carbocycles. The van der Waals surface area contributed by atoms with E-state index in [0.717, 1.165) is 26.1 Å². The van der Waals surface area contributed by atoms with Gasteiger partial charge in [0.05, 0.1) is 12.2 Å². The second-order valence-electron chi connectivity index (χ2n) is 5.52. The molecule has 19 heavy (non-hydrogen) atoms. The highest BCUT2D eigenvalue weighted by Gasteiger charge is 2.24. The summed E-state index contributed by atoms with van der Waals surface area (Å²) < 4.78 is 5.96. The van der Waals surface area contributed by atoms with Gasteiger partial charge < -0.3 is 15.4 Å². The molecule has 3 nitrogen and oxygen atoms in total. The van der Waals surface area contributed by atoms with Crippen molar-refractivity contribution in [1.29, 1.82) is 0 Å². The summed E-state index contributed by atoms with van der Waals surface area (Å²) in [6.07, 6.45) is 4.16. The van der Waals surface area contributed by atoms with Crippen molar-refractivity contribution in [3.63, 3.8) is 0 Å². The van der Waals surface area contributed by atoms with Crippen molar-refractivity contribution >= 4 is 5.69 Å². The Hall–Kier alpha value is -1.06. The molecule has 1 aromatic rings. The van der Waals surface area contributed by atoms with E-state index in [2.05, 4.69) is 43.0 Å². The first-order chi connectivity index (χ1) is 9.20. The Morgan fingerprint density at radius 1 is 1.32 bits per heavy atom. The Morgan fingerprint density at radius 3 is 2.74 bits per heavy atom. The third kappa shape index (κ3) is 3.95. The lowest BCUT2D eigenvalue weighted by molar-refractivity contribution is 0.0600. The van der Waals surface area contributed by atoms with Gasteiger partial charge in [0.1, 0.15) is 0 Å². The fraction of sp³-hybridized carbons (Fsp3) is 0.625. The van der Waals surface area contributed by atoms with Gasteiger partial charge >= 0.3 is 0 Å². The topological polar surface area (TPSA) is 38.5 Å². The van der Waals surface area contributed by atoms with Crippen LogP contribution in [-0.2, 0) is 4.74 Å². The van der Waals surface area contributed by atoms with Crippen LogP contribution in [0.4, 0.5) is 5.69 Å². The third-order valence-electron chi connectivity index (χ3n) is 3.83. The first-order valence-corrected chi connectivity index (χ1v) is 7.37. The van der Waals surface area contributed by atoms with Crippen LogP contribution in [0.1, 0.15) is 31.7 Å². The maximum absolute atomic E-state index is 5.96. The first kappa shape index (κ1) is 14.4. The number of benzene rings is 1. The Labute approximate surface area is 116 Å². The number of rotatable bonds is 6. The highest BCUT2D eigenvalue weighted by Crippen LogP contribution is 2.24. The molecule has 1 saturated heterocycles. The number of hydrogen-bond acceptors (Lipinski definition) is 3. The van der Waals surface area contributed by atoms with E-state index in [1.165, 1.54) is 24.1 Å². The van der Waals surface area contributed by atoms with E-state index in [4.69, 9.17) is 10.5 Å². The summed E-state index contributed by atoms with van der Waals surface area (Å²) in [5, 5.41) is 0. The summed E-state index contributed by atoms with van der Waals surface area (Å²) in [6, 6.07) is 8.57. The predicted molar refractivity (Wildman–Crippen MR) is 80.6 cm³/mol. The molecule has 106 valence electrons. The lowest BCUT2D eigenvalue weighted by atomic mass is 10.1. The SMILES string of the molecule is Cc1ccccc1N(CCCN)CC1CCC(C)O1. The van der Waals surface area contributed by atoms with Gasteiger partial charge in [0.25, 0.3) is 0 Å². The van der Waals surface area contributed by atoms with Crippen LogP contribution in [0, 0.1) is 6.92 Å². The second-order valence-corrected chi connectivity index (χ2v) is 5.52. The normalized spacial score (nSPS) is 22.7. The van der Waals surface area contributed by atoms with Gasteiger partial charge in [-0.3, -0.25) is 0 Å². The summed E-state index contributed by atoms with van der Waals surface area (Å²) in [6.45, 7) is 7.07. The van der Waals surface area contributed by atoms with Crippen LogP contribution in [0.15, 0.2) is 24.3 Å². The molecule has 0 aliphatic carbocycles. The van der Waals surface area contributed by atoms with Crippen molar-refractivity contribution in [1.82, 2.24) is 0 Å². The number of para-hydroxylation sites is 1.